The molecule has 0 aromatic rings. The van der Waals surface area contributed by atoms with Gasteiger partial charge in [-0.2, -0.15) is 5.26 Å². The van der Waals surface area contributed by atoms with Gasteiger partial charge in [0.2, 0.25) is 0 Å². The molecule has 62 valence electrons. The van der Waals surface area contributed by atoms with E-state index in [1.54, 1.807) is 0 Å². The van der Waals surface area contributed by atoms with Crippen LogP contribution in [0.5, 0.6) is 0 Å². The molecule has 1 aliphatic heterocycles. The van der Waals surface area contributed by atoms with Gasteiger partial charge < -0.3 is 4.74 Å². The van der Waals surface area contributed by atoms with Gasteiger partial charge in [-0.1, -0.05) is 0 Å². The summed E-state index contributed by atoms with van der Waals surface area (Å²) in [7, 11) is 1.97. The predicted octanol–water partition coefficient (Wildman–Crippen LogP) is 0.478. The number of nitrogens with zero attached hydrogens (tertiary/aromatic N) is 2. The van der Waals surface area contributed by atoms with E-state index in [0.29, 0.717) is 12.5 Å². The number of nitriles is 1. The molecule has 0 saturated carbocycles. The van der Waals surface area contributed by atoms with Crippen molar-refractivity contribution in [2.75, 3.05) is 33.4 Å². The SMILES string of the molecule is CN(CC#N)CC1CCOC1. The highest BCUT2D eigenvalue weighted by Gasteiger charge is 2.16. The van der Waals surface area contributed by atoms with Gasteiger partial charge in [0.1, 0.15) is 0 Å². The third-order valence-electron chi connectivity index (χ3n) is 1.93. The van der Waals surface area contributed by atoms with Gasteiger partial charge >= 0.3 is 0 Å². The second kappa shape index (κ2) is 4.32. The van der Waals surface area contributed by atoms with Crippen molar-refractivity contribution in [1.82, 2.24) is 4.90 Å². The molecule has 1 saturated heterocycles. The van der Waals surface area contributed by atoms with Crippen molar-refractivity contribution in [2.45, 2.75) is 6.42 Å². The molecule has 1 rings (SSSR count). The summed E-state index contributed by atoms with van der Waals surface area (Å²) in [5.41, 5.74) is 0. The Morgan fingerprint density at radius 1 is 1.73 bits per heavy atom. The average Bonchev–Trinajstić information content (AvgIpc) is 2.40. The molecule has 1 fully saturated rings. The van der Waals surface area contributed by atoms with E-state index in [0.717, 1.165) is 26.2 Å². The average molecular weight is 154 g/mol. The molecule has 3 heteroatoms. The summed E-state index contributed by atoms with van der Waals surface area (Å²) in [4.78, 5) is 2.04. The summed E-state index contributed by atoms with van der Waals surface area (Å²) in [6, 6.07) is 2.13. The fourth-order valence-electron chi connectivity index (χ4n) is 1.35. The fraction of sp³-hybridized carbons (Fsp3) is 0.875. The number of hydrogen-bond donors (Lipinski definition) is 0. The minimum Gasteiger partial charge on any atom is -0.381 e. The van der Waals surface area contributed by atoms with Crippen LogP contribution in [0.3, 0.4) is 0 Å². The third-order valence-corrected chi connectivity index (χ3v) is 1.93. The van der Waals surface area contributed by atoms with E-state index >= 15 is 0 Å². The molecule has 0 N–H and O–H groups in total. The maximum Gasteiger partial charge on any atom is 0.0863 e. The van der Waals surface area contributed by atoms with Gasteiger partial charge in [-0.15, -0.1) is 0 Å². The topological polar surface area (TPSA) is 36.3 Å². The van der Waals surface area contributed by atoms with Crippen LogP contribution in [0.1, 0.15) is 6.42 Å². The Labute approximate surface area is 67.6 Å². The minimum absolute atomic E-state index is 0.524. The first kappa shape index (κ1) is 8.51. The first-order valence-corrected chi connectivity index (χ1v) is 3.96. The van der Waals surface area contributed by atoms with Gasteiger partial charge in [-0.05, 0) is 19.4 Å². The maximum absolute atomic E-state index is 8.39. The first-order chi connectivity index (χ1) is 5.33. The van der Waals surface area contributed by atoms with Crippen LogP contribution in [0.25, 0.3) is 0 Å². The Bertz CT molecular complexity index is 147. The molecule has 0 aromatic heterocycles. The van der Waals surface area contributed by atoms with Crippen LogP contribution in [0.4, 0.5) is 0 Å². The highest BCUT2D eigenvalue weighted by molar-refractivity contribution is 4.76. The van der Waals surface area contributed by atoms with Gasteiger partial charge in [0, 0.05) is 13.2 Å². The number of rotatable bonds is 3. The summed E-state index contributed by atoms with van der Waals surface area (Å²) in [6.07, 6.45) is 1.15. The van der Waals surface area contributed by atoms with Crippen molar-refractivity contribution in [3.8, 4) is 6.07 Å². The highest BCUT2D eigenvalue weighted by atomic mass is 16.5. The van der Waals surface area contributed by atoms with Crippen molar-refractivity contribution >= 4 is 0 Å². The minimum atomic E-state index is 0.524. The molecule has 1 aliphatic rings. The van der Waals surface area contributed by atoms with E-state index in [1.165, 1.54) is 0 Å². The largest absolute Gasteiger partial charge is 0.381 e. The Morgan fingerprint density at radius 2 is 2.55 bits per heavy atom. The molecule has 3 nitrogen and oxygen atoms in total. The van der Waals surface area contributed by atoms with Crippen molar-refractivity contribution in [3.05, 3.63) is 0 Å². The van der Waals surface area contributed by atoms with Gasteiger partial charge in [0.25, 0.3) is 0 Å². The van der Waals surface area contributed by atoms with E-state index in [1.807, 2.05) is 11.9 Å². The standard InChI is InChI=1S/C8H14N2O/c1-10(4-3-9)6-8-2-5-11-7-8/h8H,2,4-7H2,1H3. The van der Waals surface area contributed by atoms with E-state index in [2.05, 4.69) is 6.07 Å². The van der Waals surface area contributed by atoms with Crippen LogP contribution >= 0.6 is 0 Å². The molecule has 1 heterocycles. The Balaban J connectivity index is 2.14. The van der Waals surface area contributed by atoms with Crippen LogP contribution < -0.4 is 0 Å². The summed E-state index contributed by atoms with van der Waals surface area (Å²) in [6.45, 7) is 3.28. The summed E-state index contributed by atoms with van der Waals surface area (Å²) in [5, 5.41) is 8.39. The smallest absolute Gasteiger partial charge is 0.0863 e. The zero-order valence-electron chi connectivity index (χ0n) is 6.92. The van der Waals surface area contributed by atoms with Crippen LogP contribution in [-0.2, 0) is 4.74 Å². The van der Waals surface area contributed by atoms with Crippen LogP contribution in [0.2, 0.25) is 0 Å². The molecule has 0 aromatic carbocycles. The van der Waals surface area contributed by atoms with Crippen LogP contribution in [-0.4, -0.2) is 38.3 Å². The highest BCUT2D eigenvalue weighted by Crippen LogP contribution is 2.12. The van der Waals surface area contributed by atoms with E-state index in [-0.39, 0.29) is 0 Å². The molecule has 11 heavy (non-hydrogen) atoms. The van der Waals surface area contributed by atoms with Crippen LogP contribution in [0.15, 0.2) is 0 Å². The molecular weight excluding hydrogens is 140 g/mol. The molecular formula is C8H14N2O. The van der Waals surface area contributed by atoms with Crippen molar-refractivity contribution < 1.29 is 4.74 Å². The summed E-state index contributed by atoms with van der Waals surface area (Å²) in [5.74, 6) is 0.647. The Kier molecular flexibility index (Phi) is 3.34. The lowest BCUT2D eigenvalue weighted by molar-refractivity contribution is 0.176. The molecule has 1 atom stereocenters. The van der Waals surface area contributed by atoms with Gasteiger partial charge in [0.05, 0.1) is 19.2 Å². The van der Waals surface area contributed by atoms with E-state index in [4.69, 9.17) is 10.00 Å². The summed E-state index contributed by atoms with van der Waals surface area (Å²) >= 11 is 0. The third kappa shape index (κ3) is 2.87. The Morgan fingerprint density at radius 3 is 3.09 bits per heavy atom. The van der Waals surface area contributed by atoms with Gasteiger partial charge in [-0.25, -0.2) is 0 Å². The lowest BCUT2D eigenvalue weighted by Crippen LogP contribution is -2.26. The molecule has 0 radical (unpaired) electrons. The molecule has 0 spiro atoms. The first-order valence-electron chi connectivity index (χ1n) is 3.96. The molecule has 0 bridgehead atoms. The lowest BCUT2D eigenvalue weighted by atomic mass is 10.1. The molecule has 0 amide bonds. The zero-order chi connectivity index (χ0) is 8.10. The van der Waals surface area contributed by atoms with Crippen LogP contribution in [0, 0.1) is 17.2 Å². The van der Waals surface area contributed by atoms with Gasteiger partial charge in [-0.3, -0.25) is 4.90 Å². The predicted molar refractivity (Wildman–Crippen MR) is 42.0 cm³/mol. The monoisotopic (exact) mass is 154 g/mol. The quantitative estimate of drug-likeness (QED) is 0.555. The normalized spacial score (nSPS) is 23.9. The lowest BCUT2D eigenvalue weighted by Gasteiger charge is -2.15. The molecule has 0 aliphatic carbocycles. The second-order valence-electron chi connectivity index (χ2n) is 3.08. The fourth-order valence-corrected chi connectivity index (χ4v) is 1.35. The zero-order valence-corrected chi connectivity index (χ0v) is 6.92. The maximum atomic E-state index is 8.39. The number of hydrogen-bond acceptors (Lipinski definition) is 3. The van der Waals surface area contributed by atoms with E-state index < -0.39 is 0 Å². The Hall–Kier alpha value is -0.590. The summed E-state index contributed by atoms with van der Waals surface area (Å²) < 4.78 is 5.23. The van der Waals surface area contributed by atoms with Crippen molar-refractivity contribution in [2.24, 2.45) is 5.92 Å². The molecule has 1 unspecified atom stereocenters. The van der Waals surface area contributed by atoms with Crippen molar-refractivity contribution in [1.29, 1.82) is 5.26 Å². The van der Waals surface area contributed by atoms with Crippen molar-refractivity contribution in [3.63, 3.8) is 0 Å². The van der Waals surface area contributed by atoms with Gasteiger partial charge in [0.15, 0.2) is 0 Å². The second-order valence-corrected chi connectivity index (χ2v) is 3.08. The van der Waals surface area contributed by atoms with E-state index in [9.17, 15) is 0 Å². The number of ether oxygens (including phenoxy) is 1.